The summed E-state index contributed by atoms with van der Waals surface area (Å²) in [5.74, 6) is 0.574. The molecule has 64 valence electrons. The molecule has 0 unspecified atom stereocenters. The molecule has 3 heteroatoms. The van der Waals surface area contributed by atoms with Gasteiger partial charge in [-0.3, -0.25) is 0 Å². The van der Waals surface area contributed by atoms with E-state index in [2.05, 4.69) is 30.6 Å². The van der Waals surface area contributed by atoms with Crippen molar-refractivity contribution in [3.05, 3.63) is 21.3 Å². The first-order valence-electron chi connectivity index (χ1n) is 3.80. The van der Waals surface area contributed by atoms with E-state index in [1.807, 2.05) is 6.92 Å². The van der Waals surface area contributed by atoms with Gasteiger partial charge in [-0.25, -0.2) is 0 Å². The fourth-order valence-electron chi connectivity index (χ4n) is 0.980. The van der Waals surface area contributed by atoms with E-state index in [0.29, 0.717) is 5.82 Å². The van der Waals surface area contributed by atoms with Gasteiger partial charge in [0.25, 0.3) is 5.82 Å². The third kappa shape index (κ3) is 1.64. The van der Waals surface area contributed by atoms with Crippen LogP contribution >= 0.6 is 11.3 Å². The SMILES string of the molecule is [C-]#[N+]c1nc(C)sc1C(C)(C)C. The standard InChI is InChI=1S/C9H12N2S/c1-6-11-8(10-5)7(12-6)9(2,3)4/h1-4H3. The minimum Gasteiger partial charge on any atom is -0.360 e. The molecule has 0 aromatic carbocycles. The number of aryl methyl sites for hydroxylation is 1. The van der Waals surface area contributed by atoms with E-state index in [1.165, 1.54) is 0 Å². The maximum atomic E-state index is 6.95. The van der Waals surface area contributed by atoms with Crippen molar-refractivity contribution in [1.82, 2.24) is 4.98 Å². The van der Waals surface area contributed by atoms with Crippen molar-refractivity contribution in [3.63, 3.8) is 0 Å². The van der Waals surface area contributed by atoms with E-state index in [0.717, 1.165) is 9.88 Å². The third-order valence-corrected chi connectivity index (χ3v) is 2.89. The first-order chi connectivity index (χ1) is 5.45. The van der Waals surface area contributed by atoms with Crippen LogP contribution in [0.1, 0.15) is 30.7 Å². The molecule has 0 saturated carbocycles. The summed E-state index contributed by atoms with van der Waals surface area (Å²) in [7, 11) is 0. The molecule has 1 heterocycles. The quantitative estimate of drug-likeness (QED) is 0.560. The zero-order chi connectivity index (χ0) is 9.35. The van der Waals surface area contributed by atoms with E-state index in [9.17, 15) is 0 Å². The summed E-state index contributed by atoms with van der Waals surface area (Å²) in [5.41, 5.74) is 0.0474. The molecule has 12 heavy (non-hydrogen) atoms. The zero-order valence-corrected chi connectivity index (χ0v) is 8.62. The van der Waals surface area contributed by atoms with Crippen LogP contribution in [0, 0.1) is 13.5 Å². The van der Waals surface area contributed by atoms with Crippen LogP contribution in [0.25, 0.3) is 4.85 Å². The number of hydrogen-bond donors (Lipinski definition) is 0. The molecule has 0 fully saturated rings. The number of aromatic nitrogens is 1. The Morgan fingerprint density at radius 2 is 2.00 bits per heavy atom. The Hall–Kier alpha value is -0.880. The number of nitrogens with zero attached hydrogens (tertiary/aromatic N) is 2. The van der Waals surface area contributed by atoms with Gasteiger partial charge in [0.05, 0.1) is 0 Å². The first-order valence-corrected chi connectivity index (χ1v) is 4.62. The second kappa shape index (κ2) is 2.87. The van der Waals surface area contributed by atoms with Crippen LogP contribution < -0.4 is 0 Å². The minimum absolute atomic E-state index is 0.0474. The van der Waals surface area contributed by atoms with Gasteiger partial charge in [-0.05, 0) is 5.41 Å². The number of hydrogen-bond acceptors (Lipinski definition) is 2. The van der Waals surface area contributed by atoms with E-state index in [4.69, 9.17) is 6.57 Å². The molecule has 0 atom stereocenters. The molecule has 0 aliphatic carbocycles. The van der Waals surface area contributed by atoms with Crippen LogP contribution in [0.15, 0.2) is 0 Å². The maximum Gasteiger partial charge on any atom is 0.284 e. The second-order valence-corrected chi connectivity index (χ2v) is 4.95. The Balaban J connectivity index is 3.25. The van der Waals surface area contributed by atoms with Crippen LogP contribution in [-0.4, -0.2) is 4.98 Å². The van der Waals surface area contributed by atoms with Gasteiger partial charge in [0.2, 0.25) is 0 Å². The molecule has 2 nitrogen and oxygen atoms in total. The molecular weight excluding hydrogens is 168 g/mol. The van der Waals surface area contributed by atoms with E-state index >= 15 is 0 Å². The summed E-state index contributed by atoms with van der Waals surface area (Å²) in [6, 6.07) is 0. The summed E-state index contributed by atoms with van der Waals surface area (Å²) >= 11 is 1.62. The smallest absolute Gasteiger partial charge is 0.284 e. The van der Waals surface area contributed by atoms with Crippen molar-refractivity contribution in [2.24, 2.45) is 0 Å². The molecule has 1 aromatic rings. The average molecular weight is 180 g/mol. The van der Waals surface area contributed by atoms with Crippen LogP contribution in [0.2, 0.25) is 0 Å². The van der Waals surface area contributed by atoms with Crippen LogP contribution in [0.3, 0.4) is 0 Å². The molecule has 0 N–H and O–H groups in total. The summed E-state index contributed by atoms with van der Waals surface area (Å²) in [6.07, 6.45) is 0. The predicted molar refractivity (Wildman–Crippen MR) is 51.8 cm³/mol. The highest BCUT2D eigenvalue weighted by Gasteiger charge is 2.22. The van der Waals surface area contributed by atoms with Gasteiger partial charge in [0.1, 0.15) is 0 Å². The van der Waals surface area contributed by atoms with Crippen molar-refractivity contribution in [2.45, 2.75) is 33.1 Å². The predicted octanol–water partition coefficient (Wildman–Crippen LogP) is 3.30. The molecule has 0 aliphatic rings. The lowest BCUT2D eigenvalue weighted by Gasteiger charge is -2.15. The summed E-state index contributed by atoms with van der Waals surface area (Å²) in [5, 5.41) is 0.978. The number of thiazole rings is 1. The lowest BCUT2D eigenvalue weighted by atomic mass is 9.95. The summed E-state index contributed by atoms with van der Waals surface area (Å²) in [6.45, 7) is 15.2. The Morgan fingerprint density at radius 3 is 2.33 bits per heavy atom. The van der Waals surface area contributed by atoms with Gasteiger partial charge in [-0.15, -0.1) is 16.3 Å². The van der Waals surface area contributed by atoms with Gasteiger partial charge in [0, 0.05) is 11.8 Å². The van der Waals surface area contributed by atoms with Crippen molar-refractivity contribution in [3.8, 4) is 0 Å². The fourth-order valence-corrected chi connectivity index (χ4v) is 1.90. The van der Waals surface area contributed by atoms with E-state index < -0.39 is 0 Å². The summed E-state index contributed by atoms with van der Waals surface area (Å²) in [4.78, 5) is 8.66. The fraction of sp³-hybridized carbons (Fsp3) is 0.556. The van der Waals surface area contributed by atoms with Gasteiger partial charge < -0.3 is 4.85 Å². The van der Waals surface area contributed by atoms with E-state index in [1.54, 1.807) is 11.3 Å². The van der Waals surface area contributed by atoms with Crippen LogP contribution in [-0.2, 0) is 5.41 Å². The topological polar surface area (TPSA) is 17.2 Å². The van der Waals surface area contributed by atoms with Gasteiger partial charge in [-0.2, -0.15) is 0 Å². The van der Waals surface area contributed by atoms with Gasteiger partial charge in [0.15, 0.2) is 5.01 Å². The van der Waals surface area contributed by atoms with Crippen molar-refractivity contribution in [1.29, 1.82) is 0 Å². The van der Waals surface area contributed by atoms with Crippen molar-refractivity contribution < 1.29 is 0 Å². The highest BCUT2D eigenvalue weighted by atomic mass is 32.1. The Labute approximate surface area is 77.1 Å². The monoisotopic (exact) mass is 180 g/mol. The van der Waals surface area contributed by atoms with Crippen LogP contribution in [0.4, 0.5) is 5.82 Å². The molecule has 0 spiro atoms. The normalized spacial score (nSPS) is 11.2. The second-order valence-electron chi connectivity index (χ2n) is 3.75. The molecule has 1 aromatic heterocycles. The highest BCUT2D eigenvalue weighted by Crippen LogP contribution is 2.35. The molecule has 0 bridgehead atoms. The van der Waals surface area contributed by atoms with E-state index in [-0.39, 0.29) is 5.41 Å². The molecule has 0 saturated heterocycles. The molecular formula is C9H12N2S. The maximum absolute atomic E-state index is 6.95. The Morgan fingerprint density at radius 1 is 1.42 bits per heavy atom. The lowest BCUT2D eigenvalue weighted by Crippen LogP contribution is -2.08. The Kier molecular flexibility index (Phi) is 2.20. The minimum atomic E-state index is 0.0474. The van der Waals surface area contributed by atoms with Crippen LogP contribution in [0.5, 0.6) is 0 Å². The largest absolute Gasteiger partial charge is 0.360 e. The molecule has 1 rings (SSSR count). The van der Waals surface area contributed by atoms with Gasteiger partial charge >= 0.3 is 0 Å². The zero-order valence-electron chi connectivity index (χ0n) is 7.80. The van der Waals surface area contributed by atoms with Crippen molar-refractivity contribution >= 4 is 17.2 Å². The van der Waals surface area contributed by atoms with Crippen molar-refractivity contribution in [2.75, 3.05) is 0 Å². The molecule has 0 aliphatic heterocycles. The third-order valence-electron chi connectivity index (χ3n) is 1.50. The highest BCUT2D eigenvalue weighted by molar-refractivity contribution is 7.12. The lowest BCUT2D eigenvalue weighted by molar-refractivity contribution is 0.605. The average Bonchev–Trinajstić information content (AvgIpc) is 2.29. The number of rotatable bonds is 0. The molecule has 0 amide bonds. The van der Waals surface area contributed by atoms with Gasteiger partial charge in [-0.1, -0.05) is 27.3 Å². The summed E-state index contributed by atoms with van der Waals surface area (Å²) < 4.78 is 0. The molecule has 0 radical (unpaired) electrons. The Bertz CT molecular complexity index is 325. The first kappa shape index (κ1) is 9.21.